The highest BCUT2D eigenvalue weighted by atomic mass is 35.5. The van der Waals surface area contributed by atoms with Crippen LogP contribution in [0.4, 0.5) is 0 Å². The summed E-state index contributed by atoms with van der Waals surface area (Å²) in [6.45, 7) is 5.43. The van der Waals surface area contributed by atoms with Crippen LogP contribution in [0.5, 0.6) is 0 Å². The topological polar surface area (TPSA) is 12.0 Å². The summed E-state index contributed by atoms with van der Waals surface area (Å²) >= 11 is 8.01. The van der Waals surface area contributed by atoms with E-state index >= 15 is 0 Å². The smallest absolute Gasteiger partial charge is 0.0403 e. The molecule has 0 aromatic heterocycles. The van der Waals surface area contributed by atoms with Crippen molar-refractivity contribution in [3.63, 3.8) is 0 Å². The minimum atomic E-state index is 0.0802. The fourth-order valence-electron chi connectivity index (χ4n) is 1.99. The van der Waals surface area contributed by atoms with Crippen molar-refractivity contribution in [3.8, 4) is 0 Å². The van der Waals surface area contributed by atoms with Crippen LogP contribution in [0.1, 0.15) is 25.8 Å². The monoisotopic (exact) mass is 269 g/mol. The van der Waals surface area contributed by atoms with Crippen molar-refractivity contribution in [2.45, 2.75) is 42.4 Å². The third-order valence-corrected chi connectivity index (χ3v) is 5.45. The maximum absolute atomic E-state index is 6.01. The number of benzene rings is 1. The van der Waals surface area contributed by atoms with E-state index in [0.717, 1.165) is 13.0 Å². The van der Waals surface area contributed by atoms with Gasteiger partial charge >= 0.3 is 0 Å². The zero-order valence-corrected chi connectivity index (χ0v) is 12.1. The van der Waals surface area contributed by atoms with E-state index in [4.69, 9.17) is 11.6 Å². The van der Waals surface area contributed by atoms with Crippen LogP contribution in [0.2, 0.25) is 0 Å². The maximum atomic E-state index is 6.01. The Morgan fingerprint density at radius 1 is 1.47 bits per heavy atom. The van der Waals surface area contributed by atoms with Crippen LogP contribution in [0, 0.1) is 0 Å². The highest BCUT2D eigenvalue weighted by Crippen LogP contribution is 2.36. The van der Waals surface area contributed by atoms with Gasteiger partial charge in [0.25, 0.3) is 0 Å². The van der Waals surface area contributed by atoms with Gasteiger partial charge in [-0.3, -0.25) is 0 Å². The molecule has 0 saturated carbocycles. The lowest BCUT2D eigenvalue weighted by Crippen LogP contribution is -2.46. The molecule has 94 valence electrons. The maximum Gasteiger partial charge on any atom is 0.0403 e. The van der Waals surface area contributed by atoms with Crippen molar-refractivity contribution in [3.05, 3.63) is 29.8 Å². The summed E-state index contributed by atoms with van der Waals surface area (Å²) in [7, 11) is 0. The molecule has 17 heavy (non-hydrogen) atoms. The molecule has 2 atom stereocenters. The van der Waals surface area contributed by atoms with Gasteiger partial charge in [0.05, 0.1) is 0 Å². The van der Waals surface area contributed by atoms with Gasteiger partial charge in [-0.1, -0.05) is 25.1 Å². The van der Waals surface area contributed by atoms with Crippen molar-refractivity contribution in [1.29, 1.82) is 0 Å². The highest BCUT2D eigenvalue weighted by Gasteiger charge is 2.25. The predicted molar refractivity (Wildman–Crippen MR) is 77.2 cm³/mol. The number of fused-ring (bicyclic) bond motifs is 1. The molecular weight excluding hydrogens is 250 g/mol. The Bertz CT molecular complexity index is 351. The van der Waals surface area contributed by atoms with Gasteiger partial charge < -0.3 is 5.32 Å². The van der Waals surface area contributed by atoms with E-state index in [-0.39, 0.29) is 5.54 Å². The first-order chi connectivity index (χ1) is 8.17. The predicted octanol–water partition coefficient (Wildman–Crippen LogP) is 3.70. The molecule has 1 aromatic carbocycles. The standard InChI is InChI=1S/C14H20ClNS/c1-3-14(2,10-15)16-9-12-8-11-6-4-5-7-13(11)17-12/h4-7,12,16H,3,8-10H2,1-2H3. The number of nitrogens with one attached hydrogen (secondary N) is 1. The summed E-state index contributed by atoms with van der Waals surface area (Å²) in [4.78, 5) is 1.45. The highest BCUT2D eigenvalue weighted by molar-refractivity contribution is 8.00. The second-order valence-corrected chi connectivity index (χ2v) is 6.59. The molecular formula is C14H20ClNS. The lowest BCUT2D eigenvalue weighted by atomic mass is 10.0. The van der Waals surface area contributed by atoms with Crippen molar-refractivity contribution in [2.24, 2.45) is 0 Å². The first kappa shape index (κ1) is 13.3. The fourth-order valence-corrected chi connectivity index (χ4v) is 3.53. The van der Waals surface area contributed by atoms with Gasteiger partial charge in [-0.15, -0.1) is 23.4 Å². The Labute approximate surface area is 113 Å². The zero-order chi connectivity index (χ0) is 12.3. The van der Waals surface area contributed by atoms with E-state index in [1.165, 1.54) is 16.9 Å². The van der Waals surface area contributed by atoms with Gasteiger partial charge in [0.1, 0.15) is 0 Å². The minimum Gasteiger partial charge on any atom is -0.309 e. The van der Waals surface area contributed by atoms with Gasteiger partial charge in [-0.05, 0) is 31.4 Å². The summed E-state index contributed by atoms with van der Waals surface area (Å²) in [5.74, 6) is 0.674. The Balaban J connectivity index is 1.88. The van der Waals surface area contributed by atoms with Crippen molar-refractivity contribution >= 4 is 23.4 Å². The van der Waals surface area contributed by atoms with E-state index in [9.17, 15) is 0 Å². The Morgan fingerprint density at radius 2 is 2.24 bits per heavy atom. The average molecular weight is 270 g/mol. The van der Waals surface area contributed by atoms with E-state index in [0.29, 0.717) is 11.1 Å². The molecule has 0 amide bonds. The van der Waals surface area contributed by atoms with Gasteiger partial charge in [-0.2, -0.15) is 0 Å². The number of rotatable bonds is 5. The molecule has 0 spiro atoms. The van der Waals surface area contributed by atoms with E-state index in [1.54, 1.807) is 0 Å². The Hall–Kier alpha value is -0.180. The van der Waals surface area contributed by atoms with Crippen molar-refractivity contribution < 1.29 is 0 Å². The van der Waals surface area contributed by atoms with Crippen molar-refractivity contribution in [1.82, 2.24) is 5.32 Å². The Morgan fingerprint density at radius 3 is 2.88 bits per heavy atom. The molecule has 3 heteroatoms. The van der Waals surface area contributed by atoms with Gasteiger partial charge in [-0.25, -0.2) is 0 Å². The molecule has 1 aliphatic heterocycles. The average Bonchev–Trinajstić information content (AvgIpc) is 2.79. The summed E-state index contributed by atoms with van der Waals surface area (Å²) in [5.41, 5.74) is 1.57. The molecule has 1 aliphatic rings. The normalized spacial score (nSPS) is 22.2. The second kappa shape index (κ2) is 5.64. The van der Waals surface area contributed by atoms with Gasteiger partial charge in [0.2, 0.25) is 0 Å². The minimum absolute atomic E-state index is 0.0802. The number of hydrogen-bond acceptors (Lipinski definition) is 2. The number of hydrogen-bond donors (Lipinski definition) is 1. The van der Waals surface area contributed by atoms with Crippen LogP contribution in [0.3, 0.4) is 0 Å². The SMILES string of the molecule is CCC(C)(CCl)NCC1Cc2ccccc2S1. The summed E-state index contributed by atoms with van der Waals surface area (Å²) in [5, 5.41) is 4.27. The summed E-state index contributed by atoms with van der Waals surface area (Å²) in [6.07, 6.45) is 2.25. The van der Waals surface area contributed by atoms with E-state index in [1.807, 2.05) is 11.8 Å². The molecule has 0 aliphatic carbocycles. The van der Waals surface area contributed by atoms with Crippen LogP contribution in [-0.2, 0) is 6.42 Å². The van der Waals surface area contributed by atoms with E-state index < -0.39 is 0 Å². The molecule has 0 fully saturated rings. The quantitative estimate of drug-likeness (QED) is 0.818. The molecule has 2 rings (SSSR count). The number of halogens is 1. The van der Waals surface area contributed by atoms with E-state index in [2.05, 4.69) is 43.4 Å². The fraction of sp³-hybridized carbons (Fsp3) is 0.571. The second-order valence-electron chi connectivity index (χ2n) is 4.98. The third kappa shape index (κ3) is 3.18. The van der Waals surface area contributed by atoms with Gasteiger partial charge in [0, 0.05) is 28.1 Å². The lowest BCUT2D eigenvalue weighted by Gasteiger charge is -2.28. The summed E-state index contributed by atoms with van der Waals surface area (Å²) in [6, 6.07) is 8.71. The molecule has 1 nitrogen and oxygen atoms in total. The van der Waals surface area contributed by atoms with Crippen LogP contribution in [0.25, 0.3) is 0 Å². The zero-order valence-electron chi connectivity index (χ0n) is 10.5. The summed E-state index contributed by atoms with van der Waals surface area (Å²) < 4.78 is 0. The van der Waals surface area contributed by atoms with Crippen molar-refractivity contribution in [2.75, 3.05) is 12.4 Å². The van der Waals surface area contributed by atoms with Crippen LogP contribution < -0.4 is 5.32 Å². The molecule has 1 N–H and O–H groups in total. The molecule has 0 saturated heterocycles. The van der Waals surface area contributed by atoms with Crippen LogP contribution in [-0.4, -0.2) is 23.2 Å². The van der Waals surface area contributed by atoms with Crippen LogP contribution >= 0.6 is 23.4 Å². The molecule has 0 bridgehead atoms. The van der Waals surface area contributed by atoms with Gasteiger partial charge in [0.15, 0.2) is 0 Å². The number of alkyl halides is 1. The number of thioether (sulfide) groups is 1. The molecule has 1 heterocycles. The molecule has 2 unspecified atom stereocenters. The van der Waals surface area contributed by atoms with Crippen LogP contribution in [0.15, 0.2) is 29.2 Å². The molecule has 1 aromatic rings. The largest absolute Gasteiger partial charge is 0.309 e. The molecule has 0 radical (unpaired) electrons. The first-order valence-electron chi connectivity index (χ1n) is 6.22. The third-order valence-electron chi connectivity index (χ3n) is 3.55. The Kier molecular flexibility index (Phi) is 4.40. The lowest BCUT2D eigenvalue weighted by molar-refractivity contribution is 0.382. The first-order valence-corrected chi connectivity index (χ1v) is 7.64.